The van der Waals surface area contributed by atoms with Crippen LogP contribution in [0, 0.1) is 11.3 Å². The standard InChI is InChI=1S/C18H35F3/c1-5-9-10-11-12-13-14-16(7-3)17(8-4,15-6-2)18(19,20)21/h16H,5-15H2,1-4H3. The molecule has 3 heteroatoms. The molecule has 0 bridgehead atoms. The lowest BCUT2D eigenvalue weighted by Crippen LogP contribution is -2.44. The second-order valence-corrected chi connectivity index (χ2v) is 6.42. The van der Waals surface area contributed by atoms with E-state index in [2.05, 4.69) is 6.92 Å². The van der Waals surface area contributed by atoms with Crippen molar-refractivity contribution < 1.29 is 13.2 Å². The van der Waals surface area contributed by atoms with Gasteiger partial charge in [0.25, 0.3) is 0 Å². The summed E-state index contributed by atoms with van der Waals surface area (Å²) < 4.78 is 41.0. The minimum atomic E-state index is -4.07. The van der Waals surface area contributed by atoms with Gasteiger partial charge in [-0.2, -0.15) is 13.2 Å². The van der Waals surface area contributed by atoms with E-state index in [1.807, 2.05) is 13.8 Å². The first-order valence-electron chi connectivity index (χ1n) is 8.96. The summed E-state index contributed by atoms with van der Waals surface area (Å²) in [6, 6.07) is 0. The van der Waals surface area contributed by atoms with Crippen LogP contribution in [0.3, 0.4) is 0 Å². The third-order valence-corrected chi connectivity index (χ3v) is 5.07. The van der Waals surface area contributed by atoms with E-state index in [9.17, 15) is 13.2 Å². The summed E-state index contributed by atoms with van der Waals surface area (Å²) in [6.45, 7) is 7.69. The van der Waals surface area contributed by atoms with E-state index in [4.69, 9.17) is 0 Å². The third-order valence-electron chi connectivity index (χ3n) is 5.07. The smallest absolute Gasteiger partial charge is 0.170 e. The summed E-state index contributed by atoms with van der Waals surface area (Å²) in [5.41, 5.74) is -1.46. The Balaban J connectivity index is 4.61. The van der Waals surface area contributed by atoms with Gasteiger partial charge >= 0.3 is 6.18 Å². The molecule has 0 heterocycles. The molecule has 2 unspecified atom stereocenters. The Morgan fingerprint density at radius 2 is 1.33 bits per heavy atom. The monoisotopic (exact) mass is 308 g/mol. The van der Waals surface area contributed by atoms with Crippen LogP contribution in [-0.2, 0) is 0 Å². The summed E-state index contributed by atoms with van der Waals surface area (Å²) >= 11 is 0. The van der Waals surface area contributed by atoms with Crippen molar-refractivity contribution in [3.63, 3.8) is 0 Å². The Kier molecular flexibility index (Phi) is 10.4. The van der Waals surface area contributed by atoms with Crippen molar-refractivity contribution >= 4 is 0 Å². The second kappa shape index (κ2) is 10.5. The normalized spacial score (nSPS) is 16.7. The molecule has 0 saturated heterocycles. The van der Waals surface area contributed by atoms with Crippen LogP contribution in [0.2, 0.25) is 0 Å². The largest absolute Gasteiger partial charge is 0.394 e. The van der Waals surface area contributed by atoms with E-state index in [1.165, 1.54) is 25.7 Å². The molecular weight excluding hydrogens is 273 g/mol. The second-order valence-electron chi connectivity index (χ2n) is 6.42. The lowest BCUT2D eigenvalue weighted by atomic mass is 9.66. The maximum absolute atomic E-state index is 13.7. The summed E-state index contributed by atoms with van der Waals surface area (Å²) in [7, 11) is 0. The minimum absolute atomic E-state index is 0.214. The first kappa shape index (κ1) is 20.8. The average Bonchev–Trinajstić information content (AvgIpc) is 2.43. The lowest BCUT2D eigenvalue weighted by molar-refractivity contribution is -0.249. The van der Waals surface area contributed by atoms with Gasteiger partial charge in [0, 0.05) is 0 Å². The summed E-state index contributed by atoms with van der Waals surface area (Å²) in [5.74, 6) is -0.214. The predicted molar refractivity (Wildman–Crippen MR) is 85.5 cm³/mol. The van der Waals surface area contributed by atoms with Crippen molar-refractivity contribution in [3.05, 3.63) is 0 Å². The fourth-order valence-electron chi connectivity index (χ4n) is 3.73. The number of alkyl halides is 3. The van der Waals surface area contributed by atoms with Crippen molar-refractivity contribution in [2.24, 2.45) is 11.3 Å². The van der Waals surface area contributed by atoms with E-state index < -0.39 is 11.6 Å². The summed E-state index contributed by atoms with van der Waals surface area (Å²) in [6.07, 6.45) is 5.29. The lowest BCUT2D eigenvalue weighted by Gasteiger charge is -2.41. The van der Waals surface area contributed by atoms with E-state index in [-0.39, 0.29) is 18.8 Å². The first-order chi connectivity index (χ1) is 9.89. The molecular formula is C18H35F3. The van der Waals surface area contributed by atoms with Crippen molar-refractivity contribution in [2.45, 2.75) is 105 Å². The van der Waals surface area contributed by atoms with Crippen LogP contribution in [0.1, 0.15) is 98.3 Å². The van der Waals surface area contributed by atoms with E-state index in [1.54, 1.807) is 6.92 Å². The van der Waals surface area contributed by atoms with E-state index >= 15 is 0 Å². The van der Waals surface area contributed by atoms with Gasteiger partial charge in [-0.05, 0) is 25.2 Å². The van der Waals surface area contributed by atoms with Gasteiger partial charge in [-0.25, -0.2) is 0 Å². The highest BCUT2D eigenvalue weighted by Gasteiger charge is 2.55. The number of rotatable bonds is 12. The maximum atomic E-state index is 13.7. The molecule has 0 N–H and O–H groups in total. The van der Waals surface area contributed by atoms with Crippen LogP contribution in [-0.4, -0.2) is 6.18 Å². The number of unbranched alkanes of at least 4 members (excludes halogenated alkanes) is 5. The van der Waals surface area contributed by atoms with Crippen molar-refractivity contribution in [1.82, 2.24) is 0 Å². The Bertz CT molecular complexity index is 247. The fourth-order valence-corrected chi connectivity index (χ4v) is 3.73. The van der Waals surface area contributed by atoms with Gasteiger partial charge < -0.3 is 0 Å². The van der Waals surface area contributed by atoms with Crippen LogP contribution in [0.25, 0.3) is 0 Å². The molecule has 0 saturated carbocycles. The van der Waals surface area contributed by atoms with Gasteiger partial charge in [-0.15, -0.1) is 0 Å². The molecule has 0 aromatic carbocycles. The molecule has 2 atom stereocenters. The van der Waals surface area contributed by atoms with Crippen LogP contribution in [0.15, 0.2) is 0 Å². The van der Waals surface area contributed by atoms with Crippen LogP contribution in [0.4, 0.5) is 13.2 Å². The van der Waals surface area contributed by atoms with E-state index in [0.717, 1.165) is 19.3 Å². The number of halogens is 3. The van der Waals surface area contributed by atoms with Gasteiger partial charge in [0.15, 0.2) is 0 Å². The zero-order valence-corrected chi connectivity index (χ0v) is 14.5. The Morgan fingerprint density at radius 1 is 0.762 bits per heavy atom. The molecule has 0 aliphatic carbocycles. The average molecular weight is 308 g/mol. The fraction of sp³-hybridized carbons (Fsp3) is 1.00. The molecule has 0 aliphatic heterocycles. The maximum Gasteiger partial charge on any atom is 0.394 e. The van der Waals surface area contributed by atoms with Gasteiger partial charge in [0.05, 0.1) is 5.41 Å². The molecule has 0 aromatic rings. The highest BCUT2D eigenvalue weighted by Crippen LogP contribution is 2.52. The van der Waals surface area contributed by atoms with Crippen LogP contribution >= 0.6 is 0 Å². The molecule has 0 spiro atoms. The molecule has 0 nitrogen and oxygen atoms in total. The zero-order valence-electron chi connectivity index (χ0n) is 14.5. The van der Waals surface area contributed by atoms with Gasteiger partial charge in [0.1, 0.15) is 0 Å². The van der Waals surface area contributed by atoms with Crippen LogP contribution in [0.5, 0.6) is 0 Å². The molecule has 21 heavy (non-hydrogen) atoms. The molecule has 0 amide bonds. The van der Waals surface area contributed by atoms with Gasteiger partial charge in [0.2, 0.25) is 0 Å². The summed E-state index contributed by atoms with van der Waals surface area (Å²) in [4.78, 5) is 0. The van der Waals surface area contributed by atoms with Gasteiger partial charge in [-0.1, -0.05) is 79.1 Å². The highest BCUT2D eigenvalue weighted by molar-refractivity contribution is 4.91. The third kappa shape index (κ3) is 6.20. The van der Waals surface area contributed by atoms with Crippen molar-refractivity contribution in [2.75, 3.05) is 0 Å². The SMILES string of the molecule is CCCCCCCCC(CC)C(CC)(CCC)C(F)(F)F. The Hall–Kier alpha value is -0.210. The molecule has 0 aliphatic rings. The zero-order chi connectivity index (χ0) is 16.4. The van der Waals surface area contributed by atoms with Crippen molar-refractivity contribution in [1.29, 1.82) is 0 Å². The topological polar surface area (TPSA) is 0 Å². The first-order valence-corrected chi connectivity index (χ1v) is 8.96. The number of hydrogen-bond acceptors (Lipinski definition) is 0. The Morgan fingerprint density at radius 3 is 1.76 bits per heavy atom. The highest BCUT2D eigenvalue weighted by atomic mass is 19.4. The Labute approximate surface area is 129 Å². The molecule has 0 aromatic heterocycles. The van der Waals surface area contributed by atoms with Crippen molar-refractivity contribution in [3.8, 4) is 0 Å². The summed E-state index contributed by atoms with van der Waals surface area (Å²) in [5, 5.41) is 0. The molecule has 0 radical (unpaired) electrons. The molecule has 128 valence electrons. The van der Waals surface area contributed by atoms with Crippen LogP contribution < -0.4 is 0 Å². The molecule has 0 rings (SSSR count). The number of hydrogen-bond donors (Lipinski definition) is 0. The quantitative estimate of drug-likeness (QED) is 0.327. The predicted octanol–water partition coefficient (Wildman–Crippen LogP) is 7.52. The van der Waals surface area contributed by atoms with E-state index in [0.29, 0.717) is 12.8 Å². The molecule has 0 fully saturated rings. The van der Waals surface area contributed by atoms with Gasteiger partial charge in [-0.3, -0.25) is 0 Å². The minimum Gasteiger partial charge on any atom is -0.170 e.